The van der Waals surface area contributed by atoms with Crippen LogP contribution in [0.3, 0.4) is 0 Å². The number of amides is 2. The summed E-state index contributed by atoms with van der Waals surface area (Å²) in [5.74, 6) is 1.45. The minimum atomic E-state index is -0.885. The zero-order chi connectivity index (χ0) is 27.3. The number of rotatable bonds is 13. The Morgan fingerprint density at radius 1 is 0.718 bits per heavy atom. The predicted molar refractivity (Wildman–Crippen MR) is 151 cm³/mol. The van der Waals surface area contributed by atoms with E-state index >= 15 is 0 Å². The van der Waals surface area contributed by atoms with E-state index in [1.165, 1.54) is 0 Å². The van der Waals surface area contributed by atoms with Crippen molar-refractivity contribution >= 4 is 17.5 Å². The molecule has 200 valence electrons. The van der Waals surface area contributed by atoms with Crippen LogP contribution in [-0.2, 0) is 27.4 Å². The molecule has 0 bridgehead atoms. The number of benzene rings is 4. The van der Waals surface area contributed by atoms with Crippen molar-refractivity contribution < 1.29 is 23.8 Å². The van der Waals surface area contributed by atoms with Gasteiger partial charge in [-0.25, -0.2) is 0 Å². The first-order valence-electron chi connectivity index (χ1n) is 12.9. The van der Waals surface area contributed by atoms with Gasteiger partial charge in [-0.1, -0.05) is 60.7 Å². The third-order valence-corrected chi connectivity index (χ3v) is 5.75. The number of hydrogen-bond acceptors (Lipinski definition) is 5. The normalized spacial score (nSPS) is 11.3. The van der Waals surface area contributed by atoms with Crippen molar-refractivity contribution in [2.45, 2.75) is 26.0 Å². The second kappa shape index (κ2) is 14.4. The topological polar surface area (TPSA) is 85.9 Å². The lowest BCUT2D eigenvalue weighted by atomic mass is 10.1. The van der Waals surface area contributed by atoms with Gasteiger partial charge in [-0.2, -0.15) is 0 Å². The van der Waals surface area contributed by atoms with Gasteiger partial charge in [0.1, 0.15) is 23.3 Å². The van der Waals surface area contributed by atoms with E-state index < -0.39 is 6.04 Å². The van der Waals surface area contributed by atoms with Gasteiger partial charge in [-0.05, 0) is 66.6 Å². The molecule has 39 heavy (non-hydrogen) atoms. The number of hydrogen-bond donors (Lipinski definition) is 2. The first-order chi connectivity index (χ1) is 19.1. The summed E-state index contributed by atoms with van der Waals surface area (Å²) in [5.41, 5.74) is 2.37. The molecule has 0 saturated carbocycles. The van der Waals surface area contributed by atoms with Gasteiger partial charge >= 0.3 is 0 Å². The minimum absolute atomic E-state index is 0.0188. The first kappa shape index (κ1) is 27.4. The van der Waals surface area contributed by atoms with Crippen molar-refractivity contribution in [3.8, 4) is 17.2 Å². The molecule has 0 aromatic heterocycles. The molecule has 0 spiro atoms. The van der Waals surface area contributed by atoms with E-state index in [9.17, 15) is 9.59 Å². The Labute approximate surface area is 228 Å². The van der Waals surface area contributed by atoms with Crippen molar-refractivity contribution in [3.05, 3.63) is 120 Å². The lowest BCUT2D eigenvalue weighted by Crippen LogP contribution is -2.47. The SMILES string of the molecule is CCOc1ccc(CC(=O)NC(COCc2ccccc2)C(=O)Nc2ccc(Oc3ccccc3)cc2)cc1. The molecular weight excluding hydrogens is 492 g/mol. The van der Waals surface area contributed by atoms with Gasteiger partial charge in [-0.3, -0.25) is 9.59 Å². The van der Waals surface area contributed by atoms with Gasteiger partial charge in [0.2, 0.25) is 11.8 Å². The zero-order valence-corrected chi connectivity index (χ0v) is 21.8. The summed E-state index contributed by atoms with van der Waals surface area (Å²) in [6, 6.07) is 32.6. The fourth-order valence-corrected chi connectivity index (χ4v) is 3.81. The van der Waals surface area contributed by atoms with E-state index in [1.807, 2.05) is 91.9 Å². The minimum Gasteiger partial charge on any atom is -0.494 e. The number of nitrogens with one attached hydrogen (secondary N) is 2. The first-order valence-corrected chi connectivity index (χ1v) is 12.9. The maximum atomic E-state index is 13.2. The molecule has 1 atom stereocenters. The van der Waals surface area contributed by atoms with E-state index in [-0.39, 0.29) is 24.8 Å². The van der Waals surface area contributed by atoms with Gasteiger partial charge in [0.05, 0.1) is 26.2 Å². The summed E-state index contributed by atoms with van der Waals surface area (Å²) < 4.78 is 17.1. The van der Waals surface area contributed by atoms with E-state index in [1.54, 1.807) is 24.3 Å². The van der Waals surface area contributed by atoms with E-state index in [0.29, 0.717) is 24.7 Å². The van der Waals surface area contributed by atoms with Gasteiger partial charge in [0, 0.05) is 5.69 Å². The van der Waals surface area contributed by atoms with Crippen molar-refractivity contribution in [1.82, 2.24) is 5.32 Å². The molecule has 0 aliphatic rings. The highest BCUT2D eigenvalue weighted by molar-refractivity contribution is 5.97. The Bertz CT molecular complexity index is 1310. The average molecular weight is 525 g/mol. The fraction of sp³-hybridized carbons (Fsp3) is 0.188. The molecule has 0 fully saturated rings. The second-order valence-electron chi connectivity index (χ2n) is 8.80. The molecule has 7 nitrogen and oxygen atoms in total. The third-order valence-electron chi connectivity index (χ3n) is 5.75. The van der Waals surface area contributed by atoms with Crippen LogP contribution in [0.4, 0.5) is 5.69 Å². The van der Waals surface area contributed by atoms with Gasteiger partial charge in [0.25, 0.3) is 0 Å². The highest BCUT2D eigenvalue weighted by atomic mass is 16.5. The summed E-state index contributed by atoms with van der Waals surface area (Å²) in [7, 11) is 0. The molecule has 0 heterocycles. The quantitative estimate of drug-likeness (QED) is 0.232. The predicted octanol–water partition coefficient (Wildman–Crippen LogP) is 5.76. The Morgan fingerprint density at radius 2 is 1.33 bits per heavy atom. The van der Waals surface area contributed by atoms with E-state index in [2.05, 4.69) is 10.6 Å². The number of anilines is 1. The van der Waals surface area contributed by atoms with Crippen molar-refractivity contribution in [2.75, 3.05) is 18.5 Å². The monoisotopic (exact) mass is 524 g/mol. The molecule has 0 radical (unpaired) electrons. The van der Waals surface area contributed by atoms with Gasteiger partial charge in [0.15, 0.2) is 0 Å². The lowest BCUT2D eigenvalue weighted by Gasteiger charge is -2.19. The van der Waals surface area contributed by atoms with Crippen LogP contribution in [0.5, 0.6) is 17.2 Å². The standard InChI is InChI=1S/C32H32N2O5/c1-2-38-27-17-13-24(14-18-27)21-31(35)34-30(23-37-22-25-9-5-3-6-10-25)32(36)33-26-15-19-29(20-16-26)39-28-11-7-4-8-12-28/h3-20,30H,2,21-23H2,1H3,(H,33,36)(H,34,35). The zero-order valence-electron chi connectivity index (χ0n) is 21.8. The summed E-state index contributed by atoms with van der Waals surface area (Å²) in [6.45, 7) is 2.83. The molecule has 0 aliphatic heterocycles. The largest absolute Gasteiger partial charge is 0.494 e. The third kappa shape index (κ3) is 9.02. The molecular formula is C32H32N2O5. The van der Waals surface area contributed by atoms with Gasteiger partial charge < -0.3 is 24.8 Å². The highest BCUT2D eigenvalue weighted by Crippen LogP contribution is 2.22. The van der Waals surface area contributed by atoms with E-state index in [0.717, 1.165) is 22.6 Å². The van der Waals surface area contributed by atoms with Crippen molar-refractivity contribution in [1.29, 1.82) is 0 Å². The average Bonchev–Trinajstić information content (AvgIpc) is 2.96. The Kier molecular flexibility index (Phi) is 10.1. The Morgan fingerprint density at radius 3 is 2.00 bits per heavy atom. The van der Waals surface area contributed by atoms with Crippen LogP contribution in [0.1, 0.15) is 18.1 Å². The summed E-state index contributed by atoms with van der Waals surface area (Å²) in [5, 5.41) is 5.69. The van der Waals surface area contributed by atoms with Crippen LogP contribution in [-0.4, -0.2) is 31.1 Å². The van der Waals surface area contributed by atoms with Crippen LogP contribution < -0.4 is 20.1 Å². The number of ether oxygens (including phenoxy) is 3. The maximum absolute atomic E-state index is 13.2. The second-order valence-corrected chi connectivity index (χ2v) is 8.80. The summed E-state index contributed by atoms with van der Waals surface area (Å²) in [6.07, 6.45) is 0.125. The summed E-state index contributed by atoms with van der Waals surface area (Å²) in [4.78, 5) is 26.0. The molecule has 2 N–H and O–H groups in total. The lowest BCUT2D eigenvalue weighted by molar-refractivity contribution is -0.127. The molecule has 4 aromatic rings. The molecule has 2 amide bonds. The number of carbonyl (C=O) groups is 2. The molecule has 0 saturated heterocycles. The number of carbonyl (C=O) groups excluding carboxylic acids is 2. The van der Waals surface area contributed by atoms with E-state index in [4.69, 9.17) is 14.2 Å². The summed E-state index contributed by atoms with van der Waals surface area (Å²) >= 11 is 0. The van der Waals surface area contributed by atoms with Crippen molar-refractivity contribution in [2.24, 2.45) is 0 Å². The van der Waals surface area contributed by atoms with Crippen LogP contribution in [0.25, 0.3) is 0 Å². The van der Waals surface area contributed by atoms with Crippen molar-refractivity contribution in [3.63, 3.8) is 0 Å². The number of para-hydroxylation sites is 1. The maximum Gasteiger partial charge on any atom is 0.249 e. The molecule has 4 aromatic carbocycles. The Hall–Kier alpha value is -4.62. The molecule has 0 aliphatic carbocycles. The van der Waals surface area contributed by atoms with Crippen LogP contribution in [0, 0.1) is 0 Å². The van der Waals surface area contributed by atoms with Crippen LogP contribution >= 0.6 is 0 Å². The Balaban J connectivity index is 1.37. The smallest absolute Gasteiger partial charge is 0.249 e. The fourth-order valence-electron chi connectivity index (χ4n) is 3.81. The molecule has 4 rings (SSSR count). The molecule has 1 unspecified atom stereocenters. The highest BCUT2D eigenvalue weighted by Gasteiger charge is 2.22. The molecule has 7 heteroatoms. The van der Waals surface area contributed by atoms with Crippen LogP contribution in [0.2, 0.25) is 0 Å². The van der Waals surface area contributed by atoms with Gasteiger partial charge in [-0.15, -0.1) is 0 Å². The van der Waals surface area contributed by atoms with Crippen LogP contribution in [0.15, 0.2) is 109 Å².